The lowest BCUT2D eigenvalue weighted by molar-refractivity contribution is -0.136. The summed E-state index contributed by atoms with van der Waals surface area (Å²) >= 11 is 0. The Bertz CT molecular complexity index is 726. The third-order valence-corrected chi connectivity index (χ3v) is 5.15. The molecule has 134 valence electrons. The molecule has 1 aromatic rings. The zero-order chi connectivity index (χ0) is 17.6. The average molecular weight is 353 g/mol. The molecular formula is C18H19F4N3. The van der Waals surface area contributed by atoms with Crippen LogP contribution in [-0.2, 0) is 6.42 Å². The summed E-state index contributed by atoms with van der Waals surface area (Å²) in [7, 11) is 0. The first-order valence-corrected chi connectivity index (χ1v) is 8.42. The van der Waals surface area contributed by atoms with Crippen LogP contribution in [0.4, 0.5) is 23.2 Å². The number of halogens is 4. The number of nitrogens with one attached hydrogen (secondary N) is 1. The van der Waals surface area contributed by atoms with Crippen LogP contribution in [0.3, 0.4) is 0 Å². The Morgan fingerprint density at radius 1 is 1.12 bits per heavy atom. The zero-order valence-electron chi connectivity index (χ0n) is 13.6. The number of nitrogens with zero attached hydrogens (tertiary/aromatic N) is 2. The van der Waals surface area contributed by atoms with Gasteiger partial charge in [0, 0.05) is 38.4 Å². The van der Waals surface area contributed by atoms with Crippen LogP contribution in [0.1, 0.15) is 17.2 Å². The molecule has 1 aromatic carbocycles. The van der Waals surface area contributed by atoms with E-state index in [1.807, 2.05) is 0 Å². The summed E-state index contributed by atoms with van der Waals surface area (Å²) in [5.74, 6) is -0.611. The van der Waals surface area contributed by atoms with Gasteiger partial charge in [-0.2, -0.15) is 13.2 Å². The predicted molar refractivity (Wildman–Crippen MR) is 87.9 cm³/mol. The quantitative estimate of drug-likeness (QED) is 0.783. The van der Waals surface area contributed by atoms with Crippen molar-refractivity contribution in [2.45, 2.75) is 24.7 Å². The molecule has 1 N–H and O–H groups in total. The normalized spacial score (nSPS) is 26.5. The van der Waals surface area contributed by atoms with E-state index in [1.165, 1.54) is 24.4 Å². The van der Waals surface area contributed by atoms with E-state index in [4.69, 9.17) is 0 Å². The summed E-state index contributed by atoms with van der Waals surface area (Å²) in [6.07, 6.45) is 1.44. The van der Waals surface area contributed by atoms with Crippen molar-refractivity contribution in [2.75, 3.05) is 31.1 Å². The Labute approximate surface area is 143 Å². The van der Waals surface area contributed by atoms with Crippen molar-refractivity contribution in [1.29, 1.82) is 0 Å². The van der Waals surface area contributed by atoms with Crippen molar-refractivity contribution in [1.82, 2.24) is 10.2 Å². The van der Waals surface area contributed by atoms with E-state index in [1.54, 1.807) is 6.07 Å². The molecule has 0 radical (unpaired) electrons. The lowest BCUT2D eigenvalue weighted by Crippen LogP contribution is -2.49. The summed E-state index contributed by atoms with van der Waals surface area (Å²) in [6, 6.07) is 1.27. The number of fused-ring (bicyclic) bond motifs is 3. The monoisotopic (exact) mass is 353 g/mol. The first-order valence-electron chi connectivity index (χ1n) is 8.42. The van der Waals surface area contributed by atoms with E-state index in [-0.39, 0.29) is 11.7 Å². The van der Waals surface area contributed by atoms with Crippen LogP contribution in [0.25, 0.3) is 0 Å². The van der Waals surface area contributed by atoms with Crippen molar-refractivity contribution < 1.29 is 17.6 Å². The molecule has 1 unspecified atom stereocenters. The predicted octanol–water partition coefficient (Wildman–Crippen LogP) is 3.15. The zero-order valence-corrected chi connectivity index (χ0v) is 13.6. The molecule has 0 aromatic heterocycles. The molecule has 4 rings (SSSR count). The van der Waals surface area contributed by atoms with E-state index >= 15 is 0 Å². The first kappa shape index (κ1) is 16.6. The fourth-order valence-electron chi connectivity index (χ4n) is 3.92. The standard InChI is InChI=1S/C18H19F4N3/c19-14-10-13-12(4-7-24-8-5-23-11-16(13)24)9-15(14)25-6-2-1-3-17(25)18(20,21)22/h1-3,6,9-10,16-17,23H,4-5,7-8,11H2/t16-,17?/m0/s1. The summed E-state index contributed by atoms with van der Waals surface area (Å²) < 4.78 is 54.7. The van der Waals surface area contributed by atoms with Crippen molar-refractivity contribution in [3.05, 3.63) is 53.5 Å². The van der Waals surface area contributed by atoms with Crippen LogP contribution in [0.5, 0.6) is 0 Å². The number of benzene rings is 1. The van der Waals surface area contributed by atoms with Gasteiger partial charge in [0.25, 0.3) is 0 Å². The molecule has 3 aliphatic heterocycles. The van der Waals surface area contributed by atoms with E-state index in [2.05, 4.69) is 10.2 Å². The molecule has 3 nitrogen and oxygen atoms in total. The molecule has 0 saturated carbocycles. The second-order valence-corrected chi connectivity index (χ2v) is 6.63. The number of allylic oxidation sites excluding steroid dienone is 2. The highest BCUT2D eigenvalue weighted by atomic mass is 19.4. The van der Waals surface area contributed by atoms with Gasteiger partial charge in [0.1, 0.15) is 11.9 Å². The van der Waals surface area contributed by atoms with Crippen LogP contribution in [0, 0.1) is 5.82 Å². The van der Waals surface area contributed by atoms with Gasteiger partial charge in [-0.05, 0) is 35.8 Å². The highest BCUT2D eigenvalue weighted by Crippen LogP contribution is 2.38. The Morgan fingerprint density at radius 2 is 1.96 bits per heavy atom. The van der Waals surface area contributed by atoms with Crippen molar-refractivity contribution in [3.8, 4) is 0 Å². The molecule has 3 aliphatic rings. The lowest BCUT2D eigenvalue weighted by atomic mass is 9.90. The van der Waals surface area contributed by atoms with Crippen molar-refractivity contribution in [3.63, 3.8) is 0 Å². The Morgan fingerprint density at radius 3 is 2.76 bits per heavy atom. The summed E-state index contributed by atoms with van der Waals surface area (Å²) in [6.45, 7) is 3.40. The number of hydrogen-bond acceptors (Lipinski definition) is 3. The molecule has 2 atom stereocenters. The fraction of sp³-hybridized carbons (Fsp3) is 0.444. The van der Waals surface area contributed by atoms with Gasteiger partial charge >= 0.3 is 6.18 Å². The summed E-state index contributed by atoms with van der Waals surface area (Å²) in [4.78, 5) is 3.28. The molecule has 0 aliphatic carbocycles. The van der Waals surface area contributed by atoms with E-state index < -0.39 is 18.0 Å². The molecule has 7 heteroatoms. The van der Waals surface area contributed by atoms with Crippen LogP contribution in [0.15, 0.2) is 36.6 Å². The van der Waals surface area contributed by atoms with Crippen LogP contribution in [-0.4, -0.2) is 43.3 Å². The molecule has 0 bridgehead atoms. The maximum Gasteiger partial charge on any atom is 0.412 e. The Balaban J connectivity index is 1.72. The maximum atomic E-state index is 14.8. The van der Waals surface area contributed by atoms with Crippen molar-refractivity contribution >= 4 is 5.69 Å². The minimum absolute atomic E-state index is 0.0149. The second kappa shape index (κ2) is 6.14. The average Bonchev–Trinajstić information content (AvgIpc) is 2.60. The maximum absolute atomic E-state index is 14.8. The minimum Gasteiger partial charge on any atom is -0.330 e. The van der Waals surface area contributed by atoms with E-state index in [9.17, 15) is 17.6 Å². The lowest BCUT2D eigenvalue weighted by Gasteiger charge is -2.41. The Hall–Kier alpha value is -1.86. The molecule has 3 heterocycles. The van der Waals surface area contributed by atoms with Gasteiger partial charge in [0.15, 0.2) is 0 Å². The highest BCUT2D eigenvalue weighted by molar-refractivity contribution is 5.58. The van der Waals surface area contributed by atoms with E-state index in [0.29, 0.717) is 0 Å². The van der Waals surface area contributed by atoms with Crippen LogP contribution in [0.2, 0.25) is 0 Å². The fourth-order valence-corrected chi connectivity index (χ4v) is 3.92. The van der Waals surface area contributed by atoms with Crippen LogP contribution >= 0.6 is 0 Å². The first-order chi connectivity index (χ1) is 11.9. The third kappa shape index (κ3) is 2.95. The third-order valence-electron chi connectivity index (χ3n) is 5.15. The van der Waals surface area contributed by atoms with Gasteiger partial charge in [-0.3, -0.25) is 4.90 Å². The molecule has 0 amide bonds. The SMILES string of the molecule is Fc1cc2c(cc1N1C=CC=CC1C(F)(F)F)CCN1CCNC[C@@H]21. The number of rotatable bonds is 1. The number of hydrogen-bond donors (Lipinski definition) is 1. The molecule has 25 heavy (non-hydrogen) atoms. The van der Waals surface area contributed by atoms with E-state index in [0.717, 1.165) is 54.7 Å². The van der Waals surface area contributed by atoms with Gasteiger partial charge in [0.2, 0.25) is 0 Å². The molecule has 1 saturated heterocycles. The summed E-state index contributed by atoms with van der Waals surface area (Å²) in [5, 5.41) is 3.31. The number of anilines is 1. The number of alkyl halides is 3. The molecule has 0 spiro atoms. The minimum atomic E-state index is -4.46. The second-order valence-electron chi connectivity index (χ2n) is 6.63. The smallest absolute Gasteiger partial charge is 0.330 e. The van der Waals surface area contributed by atoms with Gasteiger partial charge in [-0.25, -0.2) is 4.39 Å². The van der Waals surface area contributed by atoms with Gasteiger partial charge in [-0.1, -0.05) is 12.2 Å². The van der Waals surface area contributed by atoms with Crippen LogP contribution < -0.4 is 10.2 Å². The van der Waals surface area contributed by atoms with Crippen molar-refractivity contribution in [2.24, 2.45) is 0 Å². The van der Waals surface area contributed by atoms with Gasteiger partial charge in [-0.15, -0.1) is 0 Å². The highest BCUT2D eigenvalue weighted by Gasteiger charge is 2.43. The Kier molecular flexibility index (Phi) is 4.08. The van der Waals surface area contributed by atoms with Gasteiger partial charge in [0.05, 0.1) is 5.69 Å². The summed E-state index contributed by atoms with van der Waals surface area (Å²) in [5.41, 5.74) is 1.81. The number of piperazine rings is 1. The largest absolute Gasteiger partial charge is 0.412 e. The topological polar surface area (TPSA) is 18.5 Å². The molecule has 1 fully saturated rings. The van der Waals surface area contributed by atoms with Gasteiger partial charge < -0.3 is 10.2 Å². The molecular weight excluding hydrogens is 334 g/mol.